The molecule has 0 amide bonds. The Morgan fingerprint density at radius 2 is 1.85 bits per heavy atom. The number of carboxylic acids is 2. The van der Waals surface area contributed by atoms with E-state index in [1.165, 1.54) is 31.4 Å². The topological polar surface area (TPSA) is 98.7 Å². The highest BCUT2D eigenvalue weighted by Gasteiger charge is 2.39. The lowest BCUT2D eigenvalue weighted by atomic mass is 9.70. The normalized spacial score (nSPS) is 29.3. The molecule has 140 valence electrons. The van der Waals surface area contributed by atoms with Gasteiger partial charge in [-0.3, -0.25) is 0 Å². The second-order valence-corrected chi connectivity index (χ2v) is 7.37. The van der Waals surface area contributed by atoms with Gasteiger partial charge in [-0.1, -0.05) is 11.6 Å². The van der Waals surface area contributed by atoms with Crippen LogP contribution in [-0.2, 0) is 9.59 Å². The quantitative estimate of drug-likeness (QED) is 0.566. The van der Waals surface area contributed by atoms with Crippen molar-refractivity contribution in [1.29, 1.82) is 0 Å². The van der Waals surface area contributed by atoms with Gasteiger partial charge in [-0.15, -0.1) is 0 Å². The third-order valence-electron chi connectivity index (χ3n) is 5.51. The molecule has 0 spiro atoms. The van der Waals surface area contributed by atoms with Crippen LogP contribution in [0, 0.1) is 5.92 Å². The molecule has 0 bridgehead atoms. The first-order chi connectivity index (χ1) is 12.4. The molecular formula is C20H26N2O4. The van der Waals surface area contributed by atoms with Crippen molar-refractivity contribution < 1.29 is 19.8 Å². The van der Waals surface area contributed by atoms with Crippen LogP contribution in [0.3, 0.4) is 0 Å². The molecule has 2 aliphatic carbocycles. The van der Waals surface area contributed by atoms with Gasteiger partial charge in [-0.2, -0.15) is 0 Å². The molecule has 4 aliphatic rings. The average molecular weight is 358 g/mol. The van der Waals surface area contributed by atoms with Crippen molar-refractivity contribution >= 4 is 11.9 Å². The molecule has 6 heteroatoms. The fraction of sp³-hybridized carbons (Fsp3) is 0.500. The summed E-state index contributed by atoms with van der Waals surface area (Å²) < 4.78 is 0. The number of aliphatic carboxylic acids is 2. The van der Waals surface area contributed by atoms with E-state index in [-0.39, 0.29) is 0 Å². The summed E-state index contributed by atoms with van der Waals surface area (Å²) in [6, 6.07) is 1.28. The molecule has 2 heterocycles. The minimum Gasteiger partial charge on any atom is -0.478 e. The summed E-state index contributed by atoms with van der Waals surface area (Å²) in [7, 11) is 0. The molecule has 4 N–H and O–H groups in total. The van der Waals surface area contributed by atoms with E-state index >= 15 is 0 Å². The summed E-state index contributed by atoms with van der Waals surface area (Å²) in [5.74, 6) is -1.76. The van der Waals surface area contributed by atoms with Gasteiger partial charge in [0.15, 0.2) is 0 Å². The molecule has 4 rings (SSSR count). The highest BCUT2D eigenvalue weighted by atomic mass is 16.4. The zero-order valence-electron chi connectivity index (χ0n) is 15.2. The number of nitrogens with one attached hydrogen (secondary N) is 2. The number of piperidine rings is 1. The van der Waals surface area contributed by atoms with Gasteiger partial charge in [0, 0.05) is 42.1 Å². The van der Waals surface area contributed by atoms with Gasteiger partial charge < -0.3 is 20.8 Å². The Morgan fingerprint density at radius 3 is 2.50 bits per heavy atom. The Balaban J connectivity index is 0.000000211. The van der Waals surface area contributed by atoms with Gasteiger partial charge in [-0.05, 0) is 56.6 Å². The lowest BCUT2D eigenvalue weighted by molar-refractivity contribution is -0.134. The molecule has 0 aromatic rings. The van der Waals surface area contributed by atoms with Gasteiger partial charge >= 0.3 is 11.9 Å². The average Bonchev–Trinajstić information content (AvgIpc) is 2.99. The standard InChI is InChI=1S/C16H22N2.C4H4O4/c1-9-6-14-12-4-3-5-15-16(12)11(8-17-15)7-13(14)10(2)18-9;5-3(6)1-2-4(7)8/h5,9-10,13,17-18H,3-4,6-8H2,1-2H3;1-2H,(H,5,6)(H,7,8)/b;2-1-. The second kappa shape index (κ2) is 7.50. The van der Waals surface area contributed by atoms with Crippen LogP contribution in [0.4, 0.5) is 0 Å². The molecule has 0 aromatic heterocycles. The van der Waals surface area contributed by atoms with E-state index < -0.39 is 11.9 Å². The summed E-state index contributed by atoms with van der Waals surface area (Å²) in [6.07, 6.45) is 8.55. The first kappa shape index (κ1) is 18.5. The molecular weight excluding hydrogens is 332 g/mol. The third kappa shape index (κ3) is 3.75. The lowest BCUT2D eigenvalue weighted by Crippen LogP contribution is -2.47. The molecule has 2 aliphatic heterocycles. The van der Waals surface area contributed by atoms with E-state index in [1.54, 1.807) is 22.3 Å². The van der Waals surface area contributed by atoms with E-state index in [2.05, 4.69) is 30.6 Å². The summed E-state index contributed by atoms with van der Waals surface area (Å²) in [5.41, 5.74) is 8.23. The summed E-state index contributed by atoms with van der Waals surface area (Å²) in [4.78, 5) is 19.1. The monoisotopic (exact) mass is 358 g/mol. The van der Waals surface area contributed by atoms with Crippen LogP contribution in [0.25, 0.3) is 0 Å². The summed E-state index contributed by atoms with van der Waals surface area (Å²) in [6.45, 7) is 5.79. The number of hydrogen-bond acceptors (Lipinski definition) is 4. The van der Waals surface area contributed by atoms with Gasteiger partial charge in [0.25, 0.3) is 0 Å². The van der Waals surface area contributed by atoms with Crippen molar-refractivity contribution in [3.8, 4) is 0 Å². The molecule has 0 radical (unpaired) electrons. The van der Waals surface area contributed by atoms with Crippen molar-refractivity contribution in [3.63, 3.8) is 0 Å². The van der Waals surface area contributed by atoms with Crippen molar-refractivity contribution in [2.75, 3.05) is 6.54 Å². The largest absolute Gasteiger partial charge is 0.478 e. The molecule has 1 fully saturated rings. The maximum absolute atomic E-state index is 9.55. The van der Waals surface area contributed by atoms with Crippen molar-refractivity contribution in [1.82, 2.24) is 10.6 Å². The van der Waals surface area contributed by atoms with Crippen LogP contribution in [0.15, 0.2) is 46.2 Å². The highest BCUT2D eigenvalue weighted by molar-refractivity contribution is 5.89. The van der Waals surface area contributed by atoms with Gasteiger partial charge in [0.05, 0.1) is 0 Å². The first-order valence-electron chi connectivity index (χ1n) is 9.15. The fourth-order valence-corrected chi connectivity index (χ4v) is 4.56. The number of fused-ring (bicyclic) bond motifs is 1. The minimum absolute atomic E-state index is 0.558. The maximum atomic E-state index is 9.55. The zero-order chi connectivity index (χ0) is 18.8. The maximum Gasteiger partial charge on any atom is 0.328 e. The van der Waals surface area contributed by atoms with Crippen molar-refractivity contribution in [3.05, 3.63) is 46.2 Å². The second-order valence-electron chi connectivity index (χ2n) is 7.37. The number of allylic oxidation sites excluding steroid dienone is 2. The number of carboxylic acid groups (broad SMARTS) is 2. The fourth-order valence-electron chi connectivity index (χ4n) is 4.56. The molecule has 3 unspecified atom stereocenters. The number of rotatable bonds is 2. The van der Waals surface area contributed by atoms with Crippen LogP contribution in [0.1, 0.15) is 39.5 Å². The molecule has 0 aromatic carbocycles. The van der Waals surface area contributed by atoms with E-state index in [9.17, 15) is 9.59 Å². The zero-order valence-corrected chi connectivity index (χ0v) is 15.2. The number of carbonyl (C=O) groups is 2. The van der Waals surface area contributed by atoms with Crippen LogP contribution < -0.4 is 10.6 Å². The molecule has 3 atom stereocenters. The lowest BCUT2D eigenvalue weighted by Gasteiger charge is -2.41. The predicted octanol–water partition coefficient (Wildman–Crippen LogP) is 2.36. The molecule has 0 saturated carbocycles. The molecule has 1 saturated heterocycles. The molecule has 26 heavy (non-hydrogen) atoms. The van der Waals surface area contributed by atoms with Gasteiger partial charge in [-0.25, -0.2) is 9.59 Å². The van der Waals surface area contributed by atoms with Crippen LogP contribution in [-0.4, -0.2) is 40.8 Å². The summed E-state index contributed by atoms with van der Waals surface area (Å²) in [5, 5.41) is 23.0. The van der Waals surface area contributed by atoms with Crippen LogP contribution >= 0.6 is 0 Å². The minimum atomic E-state index is -1.26. The highest BCUT2D eigenvalue weighted by Crippen LogP contribution is 2.47. The Morgan fingerprint density at radius 1 is 1.15 bits per heavy atom. The third-order valence-corrected chi connectivity index (χ3v) is 5.51. The van der Waals surface area contributed by atoms with Gasteiger partial charge in [0.1, 0.15) is 0 Å². The van der Waals surface area contributed by atoms with Crippen LogP contribution in [0.5, 0.6) is 0 Å². The first-order valence-corrected chi connectivity index (χ1v) is 9.15. The van der Waals surface area contributed by atoms with Crippen molar-refractivity contribution in [2.24, 2.45) is 5.92 Å². The smallest absolute Gasteiger partial charge is 0.328 e. The SMILES string of the molecule is CC1CC2=C3CCC=C4NCC(=C43)CC2C(C)N1.O=C(O)/C=C\C(=O)O. The van der Waals surface area contributed by atoms with E-state index in [0.29, 0.717) is 24.2 Å². The van der Waals surface area contributed by atoms with E-state index in [0.717, 1.165) is 12.5 Å². The van der Waals surface area contributed by atoms with Crippen molar-refractivity contribution in [2.45, 2.75) is 51.6 Å². The van der Waals surface area contributed by atoms with E-state index in [4.69, 9.17) is 10.2 Å². The summed E-state index contributed by atoms with van der Waals surface area (Å²) >= 11 is 0. The van der Waals surface area contributed by atoms with Crippen LogP contribution in [0.2, 0.25) is 0 Å². The van der Waals surface area contributed by atoms with E-state index in [1.807, 2.05) is 0 Å². The predicted molar refractivity (Wildman–Crippen MR) is 98.6 cm³/mol. The Kier molecular flexibility index (Phi) is 5.32. The van der Waals surface area contributed by atoms with Gasteiger partial charge in [0.2, 0.25) is 0 Å². The Bertz CT molecular complexity index is 729. The number of hydrogen-bond donors (Lipinski definition) is 4. The Labute approximate surface area is 153 Å². The Hall–Kier alpha value is -2.34. The molecule has 6 nitrogen and oxygen atoms in total.